The second-order valence-electron chi connectivity index (χ2n) is 5.78. The fourth-order valence-electron chi connectivity index (χ4n) is 2.62. The zero-order chi connectivity index (χ0) is 18.5. The molecule has 0 aliphatic carbocycles. The second-order valence-corrected chi connectivity index (χ2v) is 7.09. The minimum atomic E-state index is -0.279. The molecular weight excluding hydrogens is 346 g/mol. The Hall–Kier alpha value is -2.60. The van der Waals surface area contributed by atoms with Crippen LogP contribution in [0, 0.1) is 6.92 Å². The Morgan fingerprint density at radius 2 is 1.81 bits per heavy atom. The number of Topliss-reactive ketones (excluding diaryl/α,β-unsaturated/α-hetero) is 1. The summed E-state index contributed by atoms with van der Waals surface area (Å²) >= 11 is 1.41. The van der Waals surface area contributed by atoms with Crippen LogP contribution in [-0.4, -0.2) is 32.4 Å². The first-order valence-electron chi connectivity index (χ1n) is 8.51. The average molecular weight is 367 g/mol. The van der Waals surface area contributed by atoms with E-state index in [1.807, 2.05) is 67.8 Å². The number of thioether (sulfide) groups is 1. The Labute approximate surface area is 157 Å². The van der Waals surface area contributed by atoms with Crippen LogP contribution in [0.2, 0.25) is 0 Å². The maximum atomic E-state index is 12.8. The van der Waals surface area contributed by atoms with Gasteiger partial charge in [-0.05, 0) is 57.2 Å². The molecule has 1 atom stereocenters. The van der Waals surface area contributed by atoms with Crippen molar-refractivity contribution in [3.63, 3.8) is 0 Å². The molecule has 2 aromatic carbocycles. The standard InChI is InChI=1S/C20H21N3O2S/c1-4-25-18-12-10-16(11-13-18)19(24)14(2)26-20-22-21-15(3)23(20)17-8-6-5-7-9-17/h5-14H,4H2,1-3H3. The van der Waals surface area contributed by atoms with Crippen molar-refractivity contribution in [3.8, 4) is 11.4 Å². The molecule has 5 nitrogen and oxygen atoms in total. The van der Waals surface area contributed by atoms with Gasteiger partial charge in [0, 0.05) is 11.3 Å². The van der Waals surface area contributed by atoms with E-state index in [1.54, 1.807) is 12.1 Å². The van der Waals surface area contributed by atoms with Crippen LogP contribution >= 0.6 is 11.8 Å². The van der Waals surface area contributed by atoms with E-state index >= 15 is 0 Å². The fraction of sp³-hybridized carbons (Fsp3) is 0.250. The number of rotatable bonds is 7. The molecule has 3 aromatic rings. The highest BCUT2D eigenvalue weighted by atomic mass is 32.2. The van der Waals surface area contributed by atoms with Gasteiger partial charge in [0.15, 0.2) is 10.9 Å². The number of ketones is 1. The molecule has 0 radical (unpaired) electrons. The highest BCUT2D eigenvalue weighted by molar-refractivity contribution is 8.00. The van der Waals surface area contributed by atoms with Gasteiger partial charge >= 0.3 is 0 Å². The van der Waals surface area contributed by atoms with Crippen LogP contribution in [0.5, 0.6) is 5.75 Å². The van der Waals surface area contributed by atoms with Crippen molar-refractivity contribution in [2.24, 2.45) is 0 Å². The molecule has 1 aromatic heterocycles. The second kappa shape index (κ2) is 8.19. The molecule has 0 saturated heterocycles. The van der Waals surface area contributed by atoms with Gasteiger partial charge in [0.1, 0.15) is 11.6 Å². The number of carbonyl (C=O) groups is 1. The first-order valence-corrected chi connectivity index (χ1v) is 9.39. The largest absolute Gasteiger partial charge is 0.494 e. The number of benzene rings is 2. The molecule has 3 rings (SSSR count). The van der Waals surface area contributed by atoms with Crippen molar-refractivity contribution in [1.82, 2.24) is 14.8 Å². The molecule has 0 bridgehead atoms. The molecule has 0 aliphatic heterocycles. The Balaban J connectivity index is 1.78. The van der Waals surface area contributed by atoms with Crippen molar-refractivity contribution in [2.45, 2.75) is 31.2 Å². The zero-order valence-corrected chi connectivity index (χ0v) is 15.9. The Morgan fingerprint density at radius 3 is 2.46 bits per heavy atom. The molecule has 0 N–H and O–H groups in total. The molecule has 6 heteroatoms. The summed E-state index contributed by atoms with van der Waals surface area (Å²) in [4.78, 5) is 12.8. The molecule has 26 heavy (non-hydrogen) atoms. The van der Waals surface area contributed by atoms with Gasteiger partial charge in [-0.2, -0.15) is 0 Å². The predicted octanol–water partition coefficient (Wildman–Crippen LogP) is 4.34. The predicted molar refractivity (Wildman–Crippen MR) is 103 cm³/mol. The normalized spacial score (nSPS) is 12.0. The first kappa shape index (κ1) is 18.2. The van der Waals surface area contributed by atoms with Gasteiger partial charge < -0.3 is 4.74 Å². The van der Waals surface area contributed by atoms with E-state index < -0.39 is 0 Å². The van der Waals surface area contributed by atoms with E-state index in [9.17, 15) is 4.79 Å². The summed E-state index contributed by atoms with van der Waals surface area (Å²) in [5, 5.41) is 8.85. The van der Waals surface area contributed by atoms with Gasteiger partial charge in [-0.1, -0.05) is 30.0 Å². The van der Waals surface area contributed by atoms with Crippen molar-refractivity contribution in [3.05, 3.63) is 66.0 Å². The number of carbonyl (C=O) groups excluding carboxylic acids is 1. The highest BCUT2D eigenvalue weighted by Gasteiger charge is 2.21. The Kier molecular flexibility index (Phi) is 5.73. The highest BCUT2D eigenvalue weighted by Crippen LogP contribution is 2.27. The maximum Gasteiger partial charge on any atom is 0.196 e. The quantitative estimate of drug-likeness (QED) is 0.459. The molecule has 0 fully saturated rings. The number of para-hydroxylation sites is 1. The van der Waals surface area contributed by atoms with E-state index in [1.165, 1.54) is 11.8 Å². The smallest absolute Gasteiger partial charge is 0.196 e. The summed E-state index contributed by atoms with van der Waals surface area (Å²) in [6.45, 7) is 6.34. The minimum absolute atomic E-state index is 0.0540. The number of ether oxygens (including phenoxy) is 1. The van der Waals surface area contributed by atoms with Gasteiger partial charge in [0.2, 0.25) is 0 Å². The molecule has 0 saturated carbocycles. The third kappa shape index (κ3) is 3.96. The summed E-state index contributed by atoms with van der Waals surface area (Å²) in [5.41, 5.74) is 1.65. The molecular formula is C20H21N3O2S. The Morgan fingerprint density at radius 1 is 1.12 bits per heavy atom. The van der Waals surface area contributed by atoms with Crippen LogP contribution < -0.4 is 4.74 Å². The molecule has 0 aliphatic rings. The fourth-order valence-corrected chi connectivity index (χ4v) is 3.61. The summed E-state index contributed by atoms with van der Waals surface area (Å²) in [6.07, 6.45) is 0. The molecule has 0 spiro atoms. The lowest BCUT2D eigenvalue weighted by molar-refractivity contribution is 0.0994. The van der Waals surface area contributed by atoms with Gasteiger partial charge in [0.05, 0.1) is 11.9 Å². The third-order valence-corrected chi connectivity index (χ3v) is 4.95. The molecule has 134 valence electrons. The van der Waals surface area contributed by atoms with Gasteiger partial charge in [-0.25, -0.2) is 0 Å². The summed E-state index contributed by atoms with van der Waals surface area (Å²) in [6, 6.07) is 17.2. The van der Waals surface area contributed by atoms with Crippen molar-refractivity contribution >= 4 is 17.5 Å². The Bertz CT molecular complexity index is 876. The van der Waals surface area contributed by atoms with E-state index in [0.717, 1.165) is 17.3 Å². The van der Waals surface area contributed by atoms with E-state index in [-0.39, 0.29) is 11.0 Å². The number of hydrogen-bond acceptors (Lipinski definition) is 5. The summed E-state index contributed by atoms with van der Waals surface area (Å²) < 4.78 is 7.39. The van der Waals surface area contributed by atoms with Gasteiger partial charge in [-0.15, -0.1) is 10.2 Å². The van der Waals surface area contributed by atoms with Crippen molar-refractivity contribution < 1.29 is 9.53 Å². The SMILES string of the molecule is CCOc1ccc(C(=O)C(C)Sc2nnc(C)n2-c2ccccc2)cc1. The monoisotopic (exact) mass is 367 g/mol. The van der Waals surface area contributed by atoms with E-state index in [0.29, 0.717) is 17.3 Å². The molecule has 0 amide bonds. The average Bonchev–Trinajstić information content (AvgIpc) is 3.03. The number of aryl methyl sites for hydroxylation is 1. The van der Waals surface area contributed by atoms with Gasteiger partial charge in [-0.3, -0.25) is 9.36 Å². The van der Waals surface area contributed by atoms with Crippen molar-refractivity contribution in [2.75, 3.05) is 6.61 Å². The first-order chi connectivity index (χ1) is 12.6. The lowest BCUT2D eigenvalue weighted by Gasteiger charge is -2.12. The number of aromatic nitrogens is 3. The lowest BCUT2D eigenvalue weighted by atomic mass is 10.1. The van der Waals surface area contributed by atoms with Crippen LogP contribution in [0.15, 0.2) is 59.8 Å². The van der Waals surface area contributed by atoms with Gasteiger partial charge in [0.25, 0.3) is 0 Å². The molecule has 1 heterocycles. The van der Waals surface area contributed by atoms with Crippen molar-refractivity contribution in [1.29, 1.82) is 0 Å². The van der Waals surface area contributed by atoms with Crippen LogP contribution in [0.4, 0.5) is 0 Å². The van der Waals surface area contributed by atoms with Crippen LogP contribution in [0.1, 0.15) is 30.0 Å². The topological polar surface area (TPSA) is 57.0 Å². The van der Waals surface area contributed by atoms with Crippen LogP contribution in [0.25, 0.3) is 5.69 Å². The van der Waals surface area contributed by atoms with Crippen LogP contribution in [-0.2, 0) is 0 Å². The van der Waals surface area contributed by atoms with E-state index in [2.05, 4.69) is 10.2 Å². The number of nitrogens with zero attached hydrogens (tertiary/aromatic N) is 3. The number of hydrogen-bond donors (Lipinski definition) is 0. The zero-order valence-electron chi connectivity index (χ0n) is 15.0. The maximum absolute atomic E-state index is 12.8. The lowest BCUT2D eigenvalue weighted by Crippen LogP contribution is -2.14. The van der Waals surface area contributed by atoms with E-state index in [4.69, 9.17) is 4.74 Å². The summed E-state index contributed by atoms with van der Waals surface area (Å²) in [5.74, 6) is 1.61. The third-order valence-electron chi connectivity index (χ3n) is 3.91. The van der Waals surface area contributed by atoms with Crippen LogP contribution in [0.3, 0.4) is 0 Å². The summed E-state index contributed by atoms with van der Waals surface area (Å²) in [7, 11) is 0. The molecule has 1 unspecified atom stereocenters. The minimum Gasteiger partial charge on any atom is -0.494 e.